The summed E-state index contributed by atoms with van der Waals surface area (Å²) in [5.74, 6) is 2.75. The van der Waals surface area contributed by atoms with Crippen LogP contribution in [0.5, 0.6) is 17.2 Å². The highest BCUT2D eigenvalue weighted by atomic mass is 16.7. The van der Waals surface area contributed by atoms with E-state index in [4.69, 9.17) is 14.2 Å². The van der Waals surface area contributed by atoms with Gasteiger partial charge in [0.05, 0.1) is 7.11 Å². The minimum Gasteiger partial charge on any atom is -0.497 e. The molecule has 0 atom stereocenters. The van der Waals surface area contributed by atoms with Crippen molar-refractivity contribution in [2.24, 2.45) is 5.92 Å². The van der Waals surface area contributed by atoms with Crippen molar-refractivity contribution in [1.82, 2.24) is 4.90 Å². The van der Waals surface area contributed by atoms with E-state index in [9.17, 15) is 4.79 Å². The van der Waals surface area contributed by atoms with Gasteiger partial charge in [-0.05, 0) is 48.2 Å². The highest BCUT2D eigenvalue weighted by molar-refractivity contribution is 5.81. The standard InChI is InChI=1S/C20H21NO4/c1-23-17-7-2-14(3-8-17)11-21(20(22)16-5-6-16)12-15-4-9-18-19(10-15)25-13-24-18/h2-4,7-10,16H,5-6,11-13H2,1H3. The number of hydrogen-bond acceptors (Lipinski definition) is 4. The lowest BCUT2D eigenvalue weighted by Gasteiger charge is -2.23. The van der Waals surface area contributed by atoms with Gasteiger partial charge in [-0.25, -0.2) is 0 Å². The lowest BCUT2D eigenvalue weighted by Crippen LogP contribution is -2.31. The fourth-order valence-electron chi connectivity index (χ4n) is 3.01. The molecule has 2 aromatic carbocycles. The van der Waals surface area contributed by atoms with Crippen LogP contribution in [0.15, 0.2) is 42.5 Å². The largest absolute Gasteiger partial charge is 0.497 e. The van der Waals surface area contributed by atoms with Crippen molar-refractivity contribution < 1.29 is 19.0 Å². The first-order valence-corrected chi connectivity index (χ1v) is 8.53. The van der Waals surface area contributed by atoms with Gasteiger partial charge >= 0.3 is 0 Å². The Bertz CT molecular complexity index is 768. The molecule has 5 nitrogen and oxygen atoms in total. The Morgan fingerprint density at radius 3 is 2.44 bits per heavy atom. The molecule has 5 heteroatoms. The van der Waals surface area contributed by atoms with E-state index in [0.29, 0.717) is 13.1 Å². The summed E-state index contributed by atoms with van der Waals surface area (Å²) < 4.78 is 16.0. The second-order valence-corrected chi connectivity index (χ2v) is 6.50. The number of benzene rings is 2. The minimum atomic E-state index is 0.187. The summed E-state index contributed by atoms with van der Waals surface area (Å²) in [7, 11) is 1.65. The van der Waals surface area contributed by atoms with Crippen LogP contribution in [-0.4, -0.2) is 24.7 Å². The first-order chi connectivity index (χ1) is 12.2. The van der Waals surface area contributed by atoms with Gasteiger partial charge < -0.3 is 19.1 Å². The summed E-state index contributed by atoms with van der Waals surface area (Å²) in [6.07, 6.45) is 2.00. The molecule has 0 saturated heterocycles. The van der Waals surface area contributed by atoms with E-state index in [1.54, 1.807) is 7.11 Å². The molecule has 0 radical (unpaired) electrons. The Hall–Kier alpha value is -2.69. The molecule has 0 bridgehead atoms. The Morgan fingerprint density at radius 1 is 1.04 bits per heavy atom. The monoisotopic (exact) mass is 339 g/mol. The van der Waals surface area contributed by atoms with E-state index in [1.807, 2.05) is 47.4 Å². The van der Waals surface area contributed by atoms with Crippen molar-refractivity contribution in [2.45, 2.75) is 25.9 Å². The van der Waals surface area contributed by atoms with Gasteiger partial charge in [0.1, 0.15) is 5.75 Å². The SMILES string of the molecule is COc1ccc(CN(Cc2ccc3c(c2)OCO3)C(=O)C2CC2)cc1. The van der Waals surface area contributed by atoms with Gasteiger partial charge in [0.15, 0.2) is 11.5 Å². The topological polar surface area (TPSA) is 48.0 Å². The number of fused-ring (bicyclic) bond motifs is 1. The average Bonchev–Trinajstić information content (AvgIpc) is 3.39. The average molecular weight is 339 g/mol. The van der Waals surface area contributed by atoms with Gasteiger partial charge in [0.25, 0.3) is 0 Å². The third-order valence-electron chi connectivity index (χ3n) is 4.58. The van der Waals surface area contributed by atoms with Crippen molar-refractivity contribution >= 4 is 5.91 Å². The molecule has 1 aliphatic carbocycles. The minimum absolute atomic E-state index is 0.187. The lowest BCUT2D eigenvalue weighted by atomic mass is 10.1. The molecule has 25 heavy (non-hydrogen) atoms. The summed E-state index contributed by atoms with van der Waals surface area (Å²) in [5.41, 5.74) is 2.14. The molecule has 1 heterocycles. The number of carbonyl (C=O) groups excluding carboxylic acids is 1. The first kappa shape index (κ1) is 15.8. The maximum atomic E-state index is 12.7. The number of ether oxygens (including phenoxy) is 3. The van der Waals surface area contributed by atoms with Gasteiger partial charge in [0, 0.05) is 19.0 Å². The van der Waals surface area contributed by atoms with Gasteiger partial charge in [-0.3, -0.25) is 4.79 Å². The number of methoxy groups -OCH3 is 1. The maximum Gasteiger partial charge on any atom is 0.231 e. The van der Waals surface area contributed by atoms with Crippen LogP contribution < -0.4 is 14.2 Å². The Kier molecular flexibility index (Phi) is 4.22. The molecule has 1 fully saturated rings. The molecule has 0 N–H and O–H groups in total. The van der Waals surface area contributed by atoms with Crippen molar-refractivity contribution in [2.75, 3.05) is 13.9 Å². The zero-order valence-corrected chi connectivity index (χ0v) is 14.2. The highest BCUT2D eigenvalue weighted by Gasteiger charge is 2.33. The third kappa shape index (κ3) is 3.55. The maximum absolute atomic E-state index is 12.7. The number of carbonyl (C=O) groups is 1. The number of hydrogen-bond donors (Lipinski definition) is 0. The molecule has 1 saturated carbocycles. The quantitative estimate of drug-likeness (QED) is 0.810. The number of amides is 1. The summed E-state index contributed by atoms with van der Waals surface area (Å²) >= 11 is 0. The number of nitrogens with zero attached hydrogens (tertiary/aromatic N) is 1. The van der Waals surface area contributed by atoms with Crippen molar-refractivity contribution in [3.63, 3.8) is 0 Å². The van der Waals surface area contributed by atoms with Crippen molar-refractivity contribution in [3.8, 4) is 17.2 Å². The summed E-state index contributed by atoms with van der Waals surface area (Å²) in [5, 5.41) is 0. The predicted molar refractivity (Wildman–Crippen MR) is 92.5 cm³/mol. The van der Waals surface area contributed by atoms with Crippen LogP contribution in [0.4, 0.5) is 0 Å². The molecule has 0 unspecified atom stereocenters. The number of rotatable bonds is 6. The van der Waals surface area contributed by atoms with E-state index < -0.39 is 0 Å². The highest BCUT2D eigenvalue weighted by Crippen LogP contribution is 2.35. The zero-order chi connectivity index (χ0) is 17.2. The summed E-state index contributed by atoms with van der Waals surface area (Å²) in [4.78, 5) is 14.6. The molecule has 0 aromatic heterocycles. The molecule has 1 aliphatic heterocycles. The molecular formula is C20H21NO4. The normalized spacial score (nSPS) is 15.1. The Balaban J connectivity index is 1.52. The van der Waals surface area contributed by atoms with Gasteiger partial charge in [-0.2, -0.15) is 0 Å². The summed E-state index contributed by atoms with van der Waals surface area (Å²) in [6.45, 7) is 1.42. The van der Waals surface area contributed by atoms with E-state index in [2.05, 4.69) is 0 Å². The molecule has 0 spiro atoms. The Morgan fingerprint density at radius 2 is 1.72 bits per heavy atom. The summed E-state index contributed by atoms with van der Waals surface area (Å²) in [6, 6.07) is 13.7. The van der Waals surface area contributed by atoms with Gasteiger partial charge in [0.2, 0.25) is 12.7 Å². The van der Waals surface area contributed by atoms with Crippen LogP contribution >= 0.6 is 0 Å². The van der Waals surface area contributed by atoms with Crippen LogP contribution in [0.3, 0.4) is 0 Å². The molecular weight excluding hydrogens is 318 g/mol. The fourth-order valence-corrected chi connectivity index (χ4v) is 3.01. The molecule has 2 aliphatic rings. The van der Waals surface area contributed by atoms with E-state index in [-0.39, 0.29) is 18.6 Å². The molecule has 130 valence electrons. The van der Waals surface area contributed by atoms with Gasteiger partial charge in [-0.15, -0.1) is 0 Å². The van der Waals surface area contributed by atoms with Crippen molar-refractivity contribution in [3.05, 3.63) is 53.6 Å². The fraction of sp³-hybridized carbons (Fsp3) is 0.350. The van der Waals surface area contributed by atoms with Crippen LogP contribution in [-0.2, 0) is 17.9 Å². The molecule has 1 amide bonds. The van der Waals surface area contributed by atoms with Crippen LogP contribution in [0.25, 0.3) is 0 Å². The predicted octanol–water partition coefficient (Wildman–Crippen LogP) is 3.36. The second kappa shape index (κ2) is 6.67. The first-order valence-electron chi connectivity index (χ1n) is 8.53. The Labute approximate surface area is 147 Å². The van der Waals surface area contributed by atoms with Crippen molar-refractivity contribution in [1.29, 1.82) is 0 Å². The second-order valence-electron chi connectivity index (χ2n) is 6.50. The van der Waals surface area contributed by atoms with E-state index in [1.165, 1.54) is 0 Å². The van der Waals surface area contributed by atoms with Crippen LogP contribution in [0, 0.1) is 5.92 Å². The van der Waals surface area contributed by atoms with Gasteiger partial charge in [-0.1, -0.05) is 18.2 Å². The molecule has 4 rings (SSSR count). The lowest BCUT2D eigenvalue weighted by molar-refractivity contribution is -0.133. The zero-order valence-electron chi connectivity index (χ0n) is 14.2. The van der Waals surface area contributed by atoms with E-state index >= 15 is 0 Å². The third-order valence-corrected chi connectivity index (χ3v) is 4.58. The van der Waals surface area contributed by atoms with E-state index in [0.717, 1.165) is 41.2 Å². The smallest absolute Gasteiger partial charge is 0.231 e. The van der Waals surface area contributed by atoms with Crippen LogP contribution in [0.1, 0.15) is 24.0 Å². The van der Waals surface area contributed by atoms with Crippen LogP contribution in [0.2, 0.25) is 0 Å². The molecule has 2 aromatic rings.